The van der Waals surface area contributed by atoms with Crippen LogP contribution in [0.25, 0.3) is 0 Å². The summed E-state index contributed by atoms with van der Waals surface area (Å²) in [6, 6.07) is 1.86. The molecule has 0 unspecified atom stereocenters. The van der Waals surface area contributed by atoms with Crippen LogP contribution in [0.2, 0.25) is 0 Å². The molecule has 0 aromatic carbocycles. The highest BCUT2D eigenvalue weighted by atomic mass is 16.5. The maximum absolute atomic E-state index is 12.3. The summed E-state index contributed by atoms with van der Waals surface area (Å²) in [5.74, 6) is 1.33. The number of ether oxygens (including phenoxy) is 1. The van der Waals surface area contributed by atoms with Gasteiger partial charge in [-0.3, -0.25) is 9.48 Å². The van der Waals surface area contributed by atoms with E-state index in [0.29, 0.717) is 5.92 Å². The minimum Gasteiger partial charge on any atom is -0.380 e. The van der Waals surface area contributed by atoms with Crippen molar-refractivity contribution < 1.29 is 9.53 Å². The van der Waals surface area contributed by atoms with Gasteiger partial charge < -0.3 is 15.4 Å². The highest BCUT2D eigenvalue weighted by molar-refractivity contribution is 5.94. The summed E-state index contributed by atoms with van der Waals surface area (Å²) in [6.45, 7) is 0.729. The lowest BCUT2D eigenvalue weighted by Crippen LogP contribution is -2.35. The fourth-order valence-electron chi connectivity index (χ4n) is 3.50. The van der Waals surface area contributed by atoms with Gasteiger partial charge in [-0.25, -0.2) is 0 Å². The van der Waals surface area contributed by atoms with Gasteiger partial charge in [0.15, 0.2) is 0 Å². The molecular formula is C16H26N4O2. The summed E-state index contributed by atoms with van der Waals surface area (Å²) >= 11 is 0. The number of methoxy groups -OCH3 is 1. The Balaban J connectivity index is 1.62. The second-order valence-corrected chi connectivity index (χ2v) is 6.46. The lowest BCUT2D eigenvalue weighted by Gasteiger charge is -2.19. The number of carbonyl (C=O) groups excluding carboxylic acids is 1. The molecule has 1 amide bonds. The SMILES string of the molecule is CO[C@@H]1CN[C@H](C(=O)Nc2cc(C3CCCCC3)nn2C)C1. The van der Waals surface area contributed by atoms with E-state index >= 15 is 0 Å². The molecule has 2 heterocycles. The highest BCUT2D eigenvalue weighted by Gasteiger charge is 2.30. The van der Waals surface area contributed by atoms with Gasteiger partial charge in [-0.2, -0.15) is 5.10 Å². The molecule has 0 spiro atoms. The first kappa shape index (κ1) is 15.5. The van der Waals surface area contributed by atoms with Crippen molar-refractivity contribution >= 4 is 11.7 Å². The normalized spacial score (nSPS) is 26.3. The van der Waals surface area contributed by atoms with E-state index < -0.39 is 0 Å². The standard InChI is InChI=1S/C16H26N4O2/c1-20-15(9-13(19-20)11-6-4-3-5-7-11)18-16(21)14-8-12(22-2)10-17-14/h9,11-12,14,17H,3-8,10H2,1-2H3,(H,18,21)/t12-,14-/m0/s1. The van der Waals surface area contributed by atoms with Crippen LogP contribution >= 0.6 is 0 Å². The number of anilines is 1. The van der Waals surface area contributed by atoms with E-state index in [9.17, 15) is 4.79 Å². The van der Waals surface area contributed by atoms with Crippen LogP contribution < -0.4 is 10.6 Å². The third-order valence-corrected chi connectivity index (χ3v) is 4.91. The molecule has 1 saturated carbocycles. The molecule has 1 aromatic heterocycles. The molecular weight excluding hydrogens is 280 g/mol. The molecule has 2 atom stereocenters. The smallest absolute Gasteiger partial charge is 0.242 e. The number of rotatable bonds is 4. The van der Waals surface area contributed by atoms with E-state index in [1.165, 1.54) is 32.1 Å². The number of hydrogen-bond donors (Lipinski definition) is 2. The van der Waals surface area contributed by atoms with E-state index in [2.05, 4.69) is 15.7 Å². The van der Waals surface area contributed by atoms with Gasteiger partial charge in [-0.1, -0.05) is 19.3 Å². The Morgan fingerprint density at radius 1 is 1.41 bits per heavy atom. The minimum atomic E-state index is -0.182. The molecule has 6 heteroatoms. The molecule has 1 aliphatic heterocycles. The molecule has 2 aliphatic rings. The molecule has 2 N–H and O–H groups in total. The van der Waals surface area contributed by atoms with Crippen molar-refractivity contribution in [1.29, 1.82) is 0 Å². The van der Waals surface area contributed by atoms with E-state index in [1.807, 2.05) is 13.1 Å². The Bertz CT molecular complexity index is 522. The lowest BCUT2D eigenvalue weighted by molar-refractivity contribution is -0.118. The van der Waals surface area contributed by atoms with Gasteiger partial charge in [-0.15, -0.1) is 0 Å². The first-order chi connectivity index (χ1) is 10.7. The number of nitrogens with zero attached hydrogens (tertiary/aromatic N) is 2. The van der Waals surface area contributed by atoms with Crippen LogP contribution in [0.4, 0.5) is 5.82 Å². The van der Waals surface area contributed by atoms with Crippen LogP contribution in [-0.2, 0) is 16.6 Å². The maximum Gasteiger partial charge on any atom is 0.242 e. The molecule has 2 fully saturated rings. The Hall–Kier alpha value is -1.40. The molecule has 1 aromatic rings. The Kier molecular flexibility index (Phi) is 4.78. The van der Waals surface area contributed by atoms with Gasteiger partial charge >= 0.3 is 0 Å². The molecule has 0 bridgehead atoms. The monoisotopic (exact) mass is 306 g/mol. The van der Waals surface area contributed by atoms with Crippen LogP contribution in [0.1, 0.15) is 50.1 Å². The van der Waals surface area contributed by atoms with E-state index in [-0.39, 0.29) is 18.1 Å². The van der Waals surface area contributed by atoms with Crippen molar-refractivity contribution in [3.05, 3.63) is 11.8 Å². The zero-order chi connectivity index (χ0) is 15.5. The molecule has 1 aliphatic carbocycles. The number of carbonyl (C=O) groups is 1. The number of hydrogen-bond acceptors (Lipinski definition) is 4. The average Bonchev–Trinajstić information content (AvgIpc) is 3.15. The van der Waals surface area contributed by atoms with Crippen molar-refractivity contribution in [3.8, 4) is 0 Å². The van der Waals surface area contributed by atoms with Crippen molar-refractivity contribution in [2.24, 2.45) is 7.05 Å². The second-order valence-electron chi connectivity index (χ2n) is 6.46. The summed E-state index contributed by atoms with van der Waals surface area (Å²) in [7, 11) is 3.58. The van der Waals surface area contributed by atoms with E-state index in [4.69, 9.17) is 4.74 Å². The zero-order valence-electron chi connectivity index (χ0n) is 13.5. The van der Waals surface area contributed by atoms with E-state index in [0.717, 1.165) is 24.5 Å². The number of aryl methyl sites for hydroxylation is 1. The average molecular weight is 306 g/mol. The number of amides is 1. The maximum atomic E-state index is 12.3. The van der Waals surface area contributed by atoms with Crippen LogP contribution in [0.3, 0.4) is 0 Å². The van der Waals surface area contributed by atoms with Crippen molar-refractivity contribution in [3.63, 3.8) is 0 Å². The van der Waals surface area contributed by atoms with E-state index in [1.54, 1.807) is 11.8 Å². The van der Waals surface area contributed by atoms with Gasteiger partial charge in [0, 0.05) is 32.7 Å². The third-order valence-electron chi connectivity index (χ3n) is 4.91. The van der Waals surface area contributed by atoms with Crippen LogP contribution in [0.5, 0.6) is 0 Å². The fraction of sp³-hybridized carbons (Fsp3) is 0.750. The summed E-state index contributed by atoms with van der Waals surface area (Å²) in [6.07, 6.45) is 7.17. The summed E-state index contributed by atoms with van der Waals surface area (Å²) < 4.78 is 7.07. The van der Waals surface area contributed by atoms with Crippen molar-refractivity contribution in [2.75, 3.05) is 19.0 Å². The summed E-state index contributed by atoms with van der Waals surface area (Å²) in [4.78, 5) is 12.3. The van der Waals surface area contributed by atoms with Gasteiger partial charge in [0.1, 0.15) is 5.82 Å². The number of nitrogens with one attached hydrogen (secondary N) is 2. The first-order valence-electron chi connectivity index (χ1n) is 8.28. The van der Waals surface area contributed by atoms with Crippen molar-refractivity contribution in [2.45, 2.75) is 56.6 Å². The van der Waals surface area contributed by atoms with Crippen LogP contribution in [0.15, 0.2) is 6.07 Å². The van der Waals surface area contributed by atoms with Gasteiger partial charge in [-0.05, 0) is 19.3 Å². The van der Waals surface area contributed by atoms with Gasteiger partial charge in [0.05, 0.1) is 17.8 Å². The number of aromatic nitrogens is 2. The molecule has 1 saturated heterocycles. The lowest BCUT2D eigenvalue weighted by atomic mass is 9.87. The second kappa shape index (κ2) is 6.79. The molecule has 122 valence electrons. The summed E-state index contributed by atoms with van der Waals surface area (Å²) in [5, 5.41) is 10.8. The van der Waals surface area contributed by atoms with Gasteiger partial charge in [0.2, 0.25) is 5.91 Å². The van der Waals surface area contributed by atoms with Crippen LogP contribution in [0, 0.1) is 0 Å². The van der Waals surface area contributed by atoms with Gasteiger partial charge in [0.25, 0.3) is 0 Å². The molecule has 3 rings (SSSR count). The van der Waals surface area contributed by atoms with Crippen LogP contribution in [-0.4, -0.2) is 41.5 Å². The predicted molar refractivity (Wildman–Crippen MR) is 84.9 cm³/mol. The molecule has 6 nitrogen and oxygen atoms in total. The molecule has 0 radical (unpaired) electrons. The molecule has 22 heavy (non-hydrogen) atoms. The van der Waals surface area contributed by atoms with Crippen molar-refractivity contribution in [1.82, 2.24) is 15.1 Å². The summed E-state index contributed by atoms with van der Waals surface area (Å²) in [5.41, 5.74) is 1.12. The predicted octanol–water partition coefficient (Wildman–Crippen LogP) is 1.78. The highest BCUT2D eigenvalue weighted by Crippen LogP contribution is 2.32. The largest absolute Gasteiger partial charge is 0.380 e. The zero-order valence-corrected chi connectivity index (χ0v) is 13.5. The quantitative estimate of drug-likeness (QED) is 0.890. The Morgan fingerprint density at radius 3 is 2.86 bits per heavy atom. The third kappa shape index (κ3) is 3.33. The Morgan fingerprint density at radius 2 is 2.18 bits per heavy atom. The fourth-order valence-corrected chi connectivity index (χ4v) is 3.50. The Labute approximate surface area is 131 Å². The first-order valence-corrected chi connectivity index (χ1v) is 8.28. The topological polar surface area (TPSA) is 68.2 Å². The minimum absolute atomic E-state index is 0.00209.